The molecule has 2 unspecified atom stereocenters. The Balaban J connectivity index is 2.32. The molecule has 1 aliphatic heterocycles. The monoisotopic (exact) mass is 279 g/mol. The van der Waals surface area contributed by atoms with Gasteiger partial charge in [0, 0.05) is 18.3 Å². The highest BCUT2D eigenvalue weighted by Crippen LogP contribution is 2.25. The summed E-state index contributed by atoms with van der Waals surface area (Å²) in [4.78, 5) is 22.1. The highest BCUT2D eigenvalue weighted by Gasteiger charge is 2.38. The summed E-state index contributed by atoms with van der Waals surface area (Å²) in [5, 5.41) is 9.29. The van der Waals surface area contributed by atoms with Gasteiger partial charge in [-0.2, -0.15) is 0 Å². The lowest BCUT2D eigenvalue weighted by atomic mass is 10.0. The summed E-state index contributed by atoms with van der Waals surface area (Å²) in [5.74, 6) is 0.185. The lowest BCUT2D eigenvalue weighted by Crippen LogP contribution is -2.43. The largest absolute Gasteiger partial charge is 0.481 e. The van der Waals surface area contributed by atoms with Crippen LogP contribution in [0.4, 0.5) is 5.82 Å². The molecule has 1 aromatic rings. The first kappa shape index (κ1) is 14.7. The van der Waals surface area contributed by atoms with E-state index in [-0.39, 0.29) is 12.6 Å². The molecule has 1 aliphatic rings. The van der Waals surface area contributed by atoms with Gasteiger partial charge in [0.2, 0.25) is 0 Å². The van der Waals surface area contributed by atoms with Crippen LogP contribution in [0.5, 0.6) is 0 Å². The van der Waals surface area contributed by atoms with Crippen LogP contribution in [0.2, 0.25) is 0 Å². The maximum absolute atomic E-state index is 11.3. The first-order valence-corrected chi connectivity index (χ1v) is 6.98. The SMILES string of the molecule is CCc1cc(N(CC)C2COCC2C(=O)O)nc(C)n1. The van der Waals surface area contributed by atoms with Gasteiger partial charge in [0.15, 0.2) is 0 Å². The van der Waals surface area contributed by atoms with Gasteiger partial charge in [0.25, 0.3) is 0 Å². The maximum atomic E-state index is 11.3. The summed E-state index contributed by atoms with van der Waals surface area (Å²) in [6.45, 7) is 7.28. The summed E-state index contributed by atoms with van der Waals surface area (Å²) >= 11 is 0. The van der Waals surface area contributed by atoms with Crippen LogP contribution in [0.3, 0.4) is 0 Å². The molecule has 110 valence electrons. The zero-order chi connectivity index (χ0) is 14.7. The van der Waals surface area contributed by atoms with Gasteiger partial charge in [0.1, 0.15) is 17.6 Å². The first-order valence-electron chi connectivity index (χ1n) is 6.98. The quantitative estimate of drug-likeness (QED) is 0.875. The second-order valence-electron chi connectivity index (χ2n) is 4.95. The summed E-state index contributed by atoms with van der Waals surface area (Å²) in [7, 11) is 0. The third kappa shape index (κ3) is 2.90. The fourth-order valence-corrected chi connectivity index (χ4v) is 2.59. The predicted molar refractivity (Wildman–Crippen MR) is 74.9 cm³/mol. The van der Waals surface area contributed by atoms with E-state index in [2.05, 4.69) is 9.97 Å². The second-order valence-corrected chi connectivity index (χ2v) is 4.95. The topological polar surface area (TPSA) is 75.5 Å². The van der Waals surface area contributed by atoms with Crippen LogP contribution in [0.1, 0.15) is 25.4 Å². The van der Waals surface area contributed by atoms with Crippen LogP contribution in [0.15, 0.2) is 6.07 Å². The average molecular weight is 279 g/mol. The number of hydrogen-bond acceptors (Lipinski definition) is 5. The van der Waals surface area contributed by atoms with Crippen molar-refractivity contribution in [2.75, 3.05) is 24.7 Å². The molecule has 0 aliphatic carbocycles. The van der Waals surface area contributed by atoms with Crippen molar-refractivity contribution in [3.63, 3.8) is 0 Å². The molecule has 0 saturated carbocycles. The summed E-state index contributed by atoms with van der Waals surface area (Å²) in [6.07, 6.45) is 0.831. The van der Waals surface area contributed by atoms with Gasteiger partial charge in [-0.1, -0.05) is 6.92 Å². The number of rotatable bonds is 5. The van der Waals surface area contributed by atoms with E-state index in [1.807, 2.05) is 31.7 Å². The van der Waals surface area contributed by atoms with Crippen molar-refractivity contribution >= 4 is 11.8 Å². The Bertz CT molecular complexity index is 493. The van der Waals surface area contributed by atoms with Crippen molar-refractivity contribution in [1.29, 1.82) is 0 Å². The van der Waals surface area contributed by atoms with E-state index in [0.29, 0.717) is 19.0 Å². The zero-order valence-electron chi connectivity index (χ0n) is 12.2. The van der Waals surface area contributed by atoms with Crippen molar-refractivity contribution in [3.8, 4) is 0 Å². The molecule has 0 aromatic carbocycles. The number of ether oxygens (including phenoxy) is 1. The highest BCUT2D eigenvalue weighted by atomic mass is 16.5. The van der Waals surface area contributed by atoms with Crippen molar-refractivity contribution in [2.24, 2.45) is 5.92 Å². The molecule has 1 N–H and O–H groups in total. The predicted octanol–water partition coefficient (Wildman–Crippen LogP) is 1.27. The standard InChI is InChI=1S/C14H21N3O3/c1-4-10-6-13(16-9(3)15-10)17(5-2)12-8-20-7-11(12)14(18)19/h6,11-12H,4-5,7-8H2,1-3H3,(H,18,19). The van der Waals surface area contributed by atoms with Crippen LogP contribution in [-0.2, 0) is 16.0 Å². The van der Waals surface area contributed by atoms with Gasteiger partial charge in [-0.15, -0.1) is 0 Å². The average Bonchev–Trinajstić information content (AvgIpc) is 2.88. The molecule has 20 heavy (non-hydrogen) atoms. The minimum atomic E-state index is -0.813. The molecule has 2 heterocycles. The molecule has 1 fully saturated rings. The minimum absolute atomic E-state index is 0.170. The Morgan fingerprint density at radius 1 is 1.45 bits per heavy atom. The summed E-state index contributed by atoms with van der Waals surface area (Å²) < 4.78 is 5.36. The minimum Gasteiger partial charge on any atom is -0.481 e. The second kappa shape index (κ2) is 6.17. The number of nitrogens with zero attached hydrogens (tertiary/aromatic N) is 3. The molecule has 2 atom stereocenters. The Morgan fingerprint density at radius 3 is 2.80 bits per heavy atom. The summed E-state index contributed by atoms with van der Waals surface area (Å²) in [6, 6.07) is 1.77. The molecular weight excluding hydrogens is 258 g/mol. The van der Waals surface area contributed by atoms with Crippen LogP contribution in [0.25, 0.3) is 0 Å². The molecule has 1 saturated heterocycles. The Labute approximate surface area is 118 Å². The van der Waals surface area contributed by atoms with E-state index in [1.54, 1.807) is 0 Å². The third-order valence-electron chi connectivity index (χ3n) is 3.64. The molecule has 6 heteroatoms. The first-order chi connectivity index (χ1) is 9.56. The van der Waals surface area contributed by atoms with Gasteiger partial charge in [-0.3, -0.25) is 4.79 Å². The number of anilines is 1. The van der Waals surface area contributed by atoms with Crippen molar-refractivity contribution in [1.82, 2.24) is 9.97 Å². The molecule has 2 rings (SSSR count). The smallest absolute Gasteiger partial charge is 0.311 e. The van der Waals surface area contributed by atoms with Gasteiger partial charge in [-0.25, -0.2) is 9.97 Å². The zero-order valence-corrected chi connectivity index (χ0v) is 12.2. The Hall–Kier alpha value is -1.69. The fourth-order valence-electron chi connectivity index (χ4n) is 2.59. The fraction of sp³-hybridized carbons (Fsp3) is 0.643. The maximum Gasteiger partial charge on any atom is 0.311 e. The van der Waals surface area contributed by atoms with Gasteiger partial charge >= 0.3 is 5.97 Å². The molecule has 0 amide bonds. The number of aliphatic carboxylic acids is 1. The van der Waals surface area contributed by atoms with E-state index in [9.17, 15) is 9.90 Å². The molecule has 1 aromatic heterocycles. The number of aromatic nitrogens is 2. The number of carboxylic acids is 1. The van der Waals surface area contributed by atoms with Crippen molar-refractivity contribution < 1.29 is 14.6 Å². The van der Waals surface area contributed by atoms with Gasteiger partial charge in [-0.05, 0) is 20.3 Å². The van der Waals surface area contributed by atoms with Crippen LogP contribution in [0, 0.1) is 12.8 Å². The lowest BCUT2D eigenvalue weighted by Gasteiger charge is -2.30. The van der Waals surface area contributed by atoms with Crippen molar-refractivity contribution in [3.05, 3.63) is 17.6 Å². The third-order valence-corrected chi connectivity index (χ3v) is 3.64. The van der Waals surface area contributed by atoms with Crippen LogP contribution < -0.4 is 4.90 Å². The number of carboxylic acid groups (broad SMARTS) is 1. The Morgan fingerprint density at radius 2 is 2.20 bits per heavy atom. The number of likely N-dealkylation sites (N-methyl/N-ethyl adjacent to an activating group) is 1. The number of carbonyl (C=O) groups is 1. The highest BCUT2D eigenvalue weighted by molar-refractivity contribution is 5.72. The molecular formula is C14H21N3O3. The Kier molecular flexibility index (Phi) is 4.54. The normalized spacial score (nSPS) is 21.9. The van der Waals surface area contributed by atoms with Gasteiger partial charge in [0.05, 0.1) is 19.3 Å². The van der Waals surface area contributed by atoms with Crippen LogP contribution >= 0.6 is 0 Å². The molecule has 0 bridgehead atoms. The lowest BCUT2D eigenvalue weighted by molar-refractivity contribution is -0.141. The van der Waals surface area contributed by atoms with E-state index < -0.39 is 11.9 Å². The number of hydrogen-bond donors (Lipinski definition) is 1. The summed E-state index contributed by atoms with van der Waals surface area (Å²) in [5.41, 5.74) is 0.969. The molecule has 0 spiro atoms. The van der Waals surface area contributed by atoms with E-state index in [0.717, 1.165) is 17.9 Å². The number of aryl methyl sites for hydroxylation is 2. The van der Waals surface area contributed by atoms with Gasteiger partial charge < -0.3 is 14.7 Å². The van der Waals surface area contributed by atoms with E-state index in [1.165, 1.54) is 0 Å². The van der Waals surface area contributed by atoms with Crippen LogP contribution in [-0.4, -0.2) is 46.8 Å². The molecule has 0 radical (unpaired) electrons. The van der Waals surface area contributed by atoms with E-state index in [4.69, 9.17) is 4.74 Å². The van der Waals surface area contributed by atoms with E-state index >= 15 is 0 Å². The molecule has 6 nitrogen and oxygen atoms in total. The van der Waals surface area contributed by atoms with Crippen molar-refractivity contribution in [2.45, 2.75) is 33.2 Å².